The molecule has 2 rings (SSSR count). The lowest BCUT2D eigenvalue weighted by Crippen LogP contribution is -2.54. The molecular weight excluding hydrogens is 270 g/mol. The average Bonchev–Trinajstić information content (AvgIpc) is 2.38. The fourth-order valence-electron chi connectivity index (χ4n) is 2.00. The Bertz CT molecular complexity index is 544. The quantitative estimate of drug-likeness (QED) is 0.777. The van der Waals surface area contributed by atoms with Crippen LogP contribution in [0, 0.1) is 11.3 Å². The van der Waals surface area contributed by atoms with Crippen LogP contribution >= 0.6 is 11.6 Å². The van der Waals surface area contributed by atoms with Gasteiger partial charge >= 0.3 is 6.09 Å². The monoisotopic (exact) mass is 281 g/mol. The number of rotatable bonds is 1. The molecule has 0 aliphatic carbocycles. The third-order valence-electron chi connectivity index (χ3n) is 3.01. The van der Waals surface area contributed by atoms with E-state index in [0.717, 1.165) is 0 Å². The number of piperazine rings is 1. The van der Waals surface area contributed by atoms with Crippen molar-refractivity contribution in [1.82, 2.24) is 14.9 Å². The SMILES string of the molecule is CC1CN(c2ncc(C#N)c(Cl)n2)CCN1C(=O)O. The van der Waals surface area contributed by atoms with Crippen LogP contribution in [-0.4, -0.2) is 51.7 Å². The van der Waals surface area contributed by atoms with Crippen LogP contribution in [0.4, 0.5) is 10.7 Å². The lowest BCUT2D eigenvalue weighted by Gasteiger charge is -2.38. The number of carbonyl (C=O) groups is 1. The lowest BCUT2D eigenvalue weighted by atomic mass is 10.2. The van der Waals surface area contributed by atoms with Crippen LogP contribution in [0.2, 0.25) is 5.15 Å². The smallest absolute Gasteiger partial charge is 0.407 e. The summed E-state index contributed by atoms with van der Waals surface area (Å²) in [5.74, 6) is 0.417. The largest absolute Gasteiger partial charge is 0.465 e. The summed E-state index contributed by atoms with van der Waals surface area (Å²) in [6.07, 6.45) is 0.449. The van der Waals surface area contributed by atoms with Gasteiger partial charge in [0, 0.05) is 25.7 Å². The zero-order valence-electron chi connectivity index (χ0n) is 10.2. The minimum absolute atomic E-state index is 0.112. The minimum atomic E-state index is -0.925. The number of amides is 1. The summed E-state index contributed by atoms with van der Waals surface area (Å²) in [4.78, 5) is 22.3. The van der Waals surface area contributed by atoms with Gasteiger partial charge in [0.2, 0.25) is 5.95 Å². The second kappa shape index (κ2) is 5.28. The van der Waals surface area contributed by atoms with Gasteiger partial charge in [-0.25, -0.2) is 9.78 Å². The Morgan fingerprint density at radius 1 is 1.63 bits per heavy atom. The van der Waals surface area contributed by atoms with E-state index in [4.69, 9.17) is 22.0 Å². The Kier molecular flexibility index (Phi) is 3.71. The molecule has 1 atom stereocenters. The summed E-state index contributed by atoms with van der Waals surface area (Å²) in [5.41, 5.74) is 0.225. The first-order valence-electron chi connectivity index (χ1n) is 5.70. The molecule has 0 aromatic carbocycles. The molecule has 100 valence electrons. The van der Waals surface area contributed by atoms with E-state index < -0.39 is 6.09 Å². The van der Waals surface area contributed by atoms with E-state index >= 15 is 0 Å². The second-order valence-corrected chi connectivity index (χ2v) is 4.62. The van der Waals surface area contributed by atoms with Gasteiger partial charge in [0.25, 0.3) is 0 Å². The predicted octanol–water partition coefficient (Wildman–Crippen LogP) is 1.19. The van der Waals surface area contributed by atoms with Gasteiger partial charge in [0.15, 0.2) is 5.15 Å². The van der Waals surface area contributed by atoms with Crippen LogP contribution in [0.1, 0.15) is 12.5 Å². The molecule has 1 aliphatic heterocycles. The van der Waals surface area contributed by atoms with Crippen molar-refractivity contribution in [2.45, 2.75) is 13.0 Å². The van der Waals surface area contributed by atoms with E-state index in [1.807, 2.05) is 17.9 Å². The first kappa shape index (κ1) is 13.4. The van der Waals surface area contributed by atoms with Crippen LogP contribution in [-0.2, 0) is 0 Å². The Hall–Kier alpha value is -2.07. The molecule has 1 N–H and O–H groups in total. The maximum Gasteiger partial charge on any atom is 0.407 e. The van der Waals surface area contributed by atoms with Gasteiger partial charge in [0.1, 0.15) is 11.6 Å². The number of anilines is 1. The number of nitrogens with zero attached hydrogens (tertiary/aromatic N) is 5. The van der Waals surface area contributed by atoms with E-state index in [0.29, 0.717) is 25.6 Å². The Morgan fingerprint density at radius 3 is 2.89 bits per heavy atom. The van der Waals surface area contributed by atoms with Crippen molar-refractivity contribution in [2.24, 2.45) is 0 Å². The van der Waals surface area contributed by atoms with E-state index in [1.165, 1.54) is 11.1 Å². The van der Waals surface area contributed by atoms with Crippen LogP contribution in [0.3, 0.4) is 0 Å². The number of halogens is 1. The van der Waals surface area contributed by atoms with E-state index in [-0.39, 0.29) is 16.8 Å². The summed E-state index contributed by atoms with van der Waals surface area (Å²) in [7, 11) is 0. The van der Waals surface area contributed by atoms with Crippen molar-refractivity contribution in [3.63, 3.8) is 0 Å². The molecule has 0 spiro atoms. The molecule has 1 unspecified atom stereocenters. The standard InChI is InChI=1S/C11H12ClN5O2/c1-7-6-16(2-3-17(7)11(18)19)10-14-5-8(4-13)9(12)15-10/h5,7H,2-3,6H2,1H3,(H,18,19). The predicted molar refractivity (Wildman–Crippen MR) is 68.2 cm³/mol. The van der Waals surface area contributed by atoms with Gasteiger partial charge in [-0.15, -0.1) is 0 Å². The maximum atomic E-state index is 11.0. The molecule has 2 heterocycles. The van der Waals surface area contributed by atoms with Gasteiger partial charge in [-0.1, -0.05) is 11.6 Å². The zero-order valence-corrected chi connectivity index (χ0v) is 11.0. The van der Waals surface area contributed by atoms with Crippen molar-refractivity contribution in [2.75, 3.05) is 24.5 Å². The highest BCUT2D eigenvalue weighted by Crippen LogP contribution is 2.19. The van der Waals surface area contributed by atoms with Crippen LogP contribution in [0.25, 0.3) is 0 Å². The Morgan fingerprint density at radius 2 is 2.37 bits per heavy atom. The fourth-order valence-corrected chi connectivity index (χ4v) is 2.17. The Labute approximate surface area is 115 Å². The lowest BCUT2D eigenvalue weighted by molar-refractivity contribution is 0.122. The Balaban J connectivity index is 2.15. The molecule has 1 fully saturated rings. The number of carboxylic acid groups (broad SMARTS) is 1. The van der Waals surface area contributed by atoms with Gasteiger partial charge in [-0.3, -0.25) is 0 Å². The molecule has 19 heavy (non-hydrogen) atoms. The van der Waals surface area contributed by atoms with Crippen molar-refractivity contribution in [1.29, 1.82) is 5.26 Å². The van der Waals surface area contributed by atoms with Crippen LogP contribution < -0.4 is 4.90 Å². The molecule has 1 aromatic heterocycles. The summed E-state index contributed by atoms with van der Waals surface area (Å²) in [5, 5.41) is 17.9. The third-order valence-corrected chi connectivity index (χ3v) is 3.29. The average molecular weight is 282 g/mol. The molecule has 1 aromatic rings. The third kappa shape index (κ3) is 2.69. The zero-order chi connectivity index (χ0) is 14.0. The van der Waals surface area contributed by atoms with Crippen molar-refractivity contribution < 1.29 is 9.90 Å². The van der Waals surface area contributed by atoms with Gasteiger partial charge < -0.3 is 14.9 Å². The number of hydrogen-bond donors (Lipinski definition) is 1. The number of hydrogen-bond acceptors (Lipinski definition) is 5. The second-order valence-electron chi connectivity index (χ2n) is 4.26. The highest BCUT2D eigenvalue weighted by Gasteiger charge is 2.28. The molecule has 8 heteroatoms. The highest BCUT2D eigenvalue weighted by molar-refractivity contribution is 6.30. The van der Waals surface area contributed by atoms with Gasteiger partial charge in [-0.05, 0) is 6.92 Å². The highest BCUT2D eigenvalue weighted by atomic mass is 35.5. The van der Waals surface area contributed by atoms with Crippen molar-refractivity contribution >= 4 is 23.6 Å². The van der Waals surface area contributed by atoms with Crippen molar-refractivity contribution in [3.8, 4) is 6.07 Å². The minimum Gasteiger partial charge on any atom is -0.465 e. The number of aromatic nitrogens is 2. The molecular formula is C11H12ClN5O2. The summed E-state index contributed by atoms with van der Waals surface area (Å²) in [6.45, 7) is 3.20. The first-order chi connectivity index (χ1) is 9.02. The molecule has 1 amide bonds. The van der Waals surface area contributed by atoms with Crippen molar-refractivity contribution in [3.05, 3.63) is 16.9 Å². The molecule has 0 saturated carbocycles. The summed E-state index contributed by atoms with van der Waals surface area (Å²) < 4.78 is 0. The first-order valence-corrected chi connectivity index (χ1v) is 6.08. The normalized spacial score (nSPS) is 19.1. The van der Waals surface area contributed by atoms with Crippen LogP contribution in [0.5, 0.6) is 0 Å². The molecule has 1 aliphatic rings. The van der Waals surface area contributed by atoms with E-state index in [2.05, 4.69) is 9.97 Å². The summed E-state index contributed by atoms with van der Waals surface area (Å²) in [6, 6.07) is 1.75. The summed E-state index contributed by atoms with van der Waals surface area (Å²) >= 11 is 5.86. The van der Waals surface area contributed by atoms with Gasteiger partial charge in [0.05, 0.1) is 6.20 Å². The maximum absolute atomic E-state index is 11.0. The molecule has 0 radical (unpaired) electrons. The fraction of sp³-hybridized carbons (Fsp3) is 0.455. The molecule has 0 bridgehead atoms. The van der Waals surface area contributed by atoms with Crippen LogP contribution in [0.15, 0.2) is 6.20 Å². The number of nitriles is 1. The molecule has 7 nitrogen and oxygen atoms in total. The topological polar surface area (TPSA) is 93.4 Å². The van der Waals surface area contributed by atoms with E-state index in [1.54, 1.807) is 0 Å². The van der Waals surface area contributed by atoms with Gasteiger partial charge in [-0.2, -0.15) is 10.2 Å². The van der Waals surface area contributed by atoms with E-state index in [9.17, 15) is 4.79 Å². The molecule has 1 saturated heterocycles.